The number of benzene rings is 1. The highest BCUT2D eigenvalue weighted by Crippen LogP contribution is 2.26. The molecule has 2 aromatic rings. The number of hydrogen-bond donors (Lipinski definition) is 1. The van der Waals surface area contributed by atoms with E-state index in [9.17, 15) is 9.18 Å². The molecule has 1 N–H and O–H groups in total. The molecule has 0 unspecified atom stereocenters. The van der Waals surface area contributed by atoms with Gasteiger partial charge in [-0.3, -0.25) is 9.79 Å². The SMILES string of the molecule is C=C/C=C(F)\C=C/CCc1noc(-c2ccc(C)c(/N=C/CCCCC(=O)O)c2)n1. The molecule has 6 nitrogen and oxygen atoms in total. The van der Waals surface area contributed by atoms with Crippen molar-refractivity contribution < 1.29 is 18.8 Å². The van der Waals surface area contributed by atoms with Crippen LogP contribution in [-0.4, -0.2) is 27.4 Å². The number of carboxylic acid groups (broad SMARTS) is 1. The van der Waals surface area contributed by atoms with Crippen molar-refractivity contribution in [3.63, 3.8) is 0 Å². The molecule has 0 aliphatic heterocycles. The summed E-state index contributed by atoms with van der Waals surface area (Å²) in [6.07, 6.45) is 11.0. The van der Waals surface area contributed by atoms with Gasteiger partial charge in [0.05, 0.1) is 5.69 Å². The molecule has 158 valence electrons. The Balaban J connectivity index is 1.95. The van der Waals surface area contributed by atoms with Crippen LogP contribution in [0.5, 0.6) is 0 Å². The second-order valence-corrected chi connectivity index (χ2v) is 6.70. The van der Waals surface area contributed by atoms with Crippen molar-refractivity contribution >= 4 is 17.9 Å². The number of hydrogen-bond acceptors (Lipinski definition) is 5. The summed E-state index contributed by atoms with van der Waals surface area (Å²) < 4.78 is 18.6. The van der Waals surface area contributed by atoms with E-state index < -0.39 is 5.97 Å². The molecule has 2 rings (SSSR count). The van der Waals surface area contributed by atoms with Crippen molar-refractivity contribution in [3.05, 3.63) is 66.3 Å². The standard InChI is InChI=1S/C23H26FN3O3/c1-3-9-19(24)10-6-7-11-21-26-23(30-27-21)18-14-13-17(2)20(16-18)25-15-8-4-5-12-22(28)29/h3,6,9-10,13-16H,1,4-5,7-8,11-12H2,2H3,(H,28,29)/b10-6-,19-9+,25-15+. The molecule has 0 aliphatic carbocycles. The molecule has 0 saturated heterocycles. The highest BCUT2D eigenvalue weighted by atomic mass is 19.1. The van der Waals surface area contributed by atoms with E-state index in [1.54, 1.807) is 12.3 Å². The number of carboxylic acids is 1. The highest BCUT2D eigenvalue weighted by molar-refractivity contribution is 5.69. The Morgan fingerprint density at radius 1 is 1.33 bits per heavy atom. The van der Waals surface area contributed by atoms with Gasteiger partial charge in [-0.1, -0.05) is 30.0 Å². The van der Waals surface area contributed by atoms with Gasteiger partial charge in [-0.2, -0.15) is 4.98 Å². The fraction of sp³-hybridized carbons (Fsp3) is 0.304. The lowest BCUT2D eigenvalue weighted by Gasteiger charge is -2.02. The minimum Gasteiger partial charge on any atom is -0.481 e. The van der Waals surface area contributed by atoms with Gasteiger partial charge in [0.15, 0.2) is 5.82 Å². The quantitative estimate of drug-likeness (QED) is 0.266. The van der Waals surface area contributed by atoms with Crippen LogP contribution in [0, 0.1) is 6.92 Å². The van der Waals surface area contributed by atoms with Crippen LogP contribution in [0.2, 0.25) is 0 Å². The second-order valence-electron chi connectivity index (χ2n) is 6.70. The predicted molar refractivity (Wildman–Crippen MR) is 116 cm³/mol. The van der Waals surface area contributed by atoms with Gasteiger partial charge in [0.2, 0.25) is 0 Å². The van der Waals surface area contributed by atoms with Crippen LogP contribution < -0.4 is 0 Å². The zero-order valence-electron chi connectivity index (χ0n) is 17.1. The monoisotopic (exact) mass is 411 g/mol. The van der Waals surface area contributed by atoms with Crippen LogP contribution in [0.1, 0.15) is 43.5 Å². The fourth-order valence-electron chi connectivity index (χ4n) is 2.61. The molecule has 7 heteroatoms. The lowest BCUT2D eigenvalue weighted by atomic mass is 10.1. The molecule has 0 spiro atoms. The van der Waals surface area contributed by atoms with Gasteiger partial charge in [0, 0.05) is 24.6 Å². The molecule has 1 aromatic carbocycles. The highest BCUT2D eigenvalue weighted by Gasteiger charge is 2.10. The number of aryl methyl sites for hydroxylation is 2. The fourth-order valence-corrected chi connectivity index (χ4v) is 2.61. The van der Waals surface area contributed by atoms with E-state index >= 15 is 0 Å². The lowest BCUT2D eigenvalue weighted by molar-refractivity contribution is -0.137. The molecular formula is C23H26FN3O3. The molecular weight excluding hydrogens is 385 g/mol. The summed E-state index contributed by atoms with van der Waals surface area (Å²) in [7, 11) is 0. The van der Waals surface area contributed by atoms with Gasteiger partial charge in [0.25, 0.3) is 5.89 Å². The largest absolute Gasteiger partial charge is 0.481 e. The van der Waals surface area contributed by atoms with E-state index in [1.165, 1.54) is 18.2 Å². The van der Waals surface area contributed by atoms with E-state index in [0.29, 0.717) is 31.0 Å². The number of aliphatic imine (C=N–C) groups is 1. The van der Waals surface area contributed by atoms with Crippen molar-refractivity contribution in [2.45, 2.75) is 45.4 Å². The van der Waals surface area contributed by atoms with Gasteiger partial charge in [-0.25, -0.2) is 4.39 Å². The Morgan fingerprint density at radius 2 is 2.17 bits per heavy atom. The summed E-state index contributed by atoms with van der Waals surface area (Å²) in [4.78, 5) is 19.4. The summed E-state index contributed by atoms with van der Waals surface area (Å²) >= 11 is 0. The zero-order chi connectivity index (χ0) is 21.8. The first-order valence-electron chi connectivity index (χ1n) is 9.82. The number of carbonyl (C=O) groups is 1. The molecule has 1 heterocycles. The number of rotatable bonds is 12. The van der Waals surface area contributed by atoms with Gasteiger partial charge < -0.3 is 9.63 Å². The van der Waals surface area contributed by atoms with Crippen LogP contribution in [0.15, 0.2) is 64.4 Å². The first kappa shape index (κ1) is 22.9. The Morgan fingerprint density at radius 3 is 2.93 bits per heavy atom. The molecule has 0 aliphatic rings. The zero-order valence-corrected chi connectivity index (χ0v) is 17.1. The van der Waals surface area contributed by atoms with Crippen LogP contribution >= 0.6 is 0 Å². The average Bonchev–Trinajstić information content (AvgIpc) is 3.18. The number of aliphatic carboxylic acids is 1. The van der Waals surface area contributed by atoms with Gasteiger partial charge in [0.1, 0.15) is 5.83 Å². The Hall–Kier alpha value is -3.35. The van der Waals surface area contributed by atoms with E-state index in [1.807, 2.05) is 25.1 Å². The minimum atomic E-state index is -0.776. The summed E-state index contributed by atoms with van der Waals surface area (Å²) in [6.45, 7) is 5.41. The third-order valence-electron chi connectivity index (χ3n) is 4.22. The summed E-state index contributed by atoms with van der Waals surface area (Å²) in [5.74, 6) is -0.174. The predicted octanol–water partition coefficient (Wildman–Crippen LogP) is 5.92. The van der Waals surface area contributed by atoms with Gasteiger partial charge in [-0.15, -0.1) is 0 Å². The Bertz CT molecular complexity index is 945. The van der Waals surface area contributed by atoms with Crippen molar-refractivity contribution in [2.24, 2.45) is 4.99 Å². The van der Waals surface area contributed by atoms with Crippen molar-refractivity contribution in [1.29, 1.82) is 0 Å². The van der Waals surface area contributed by atoms with Crippen molar-refractivity contribution in [2.75, 3.05) is 0 Å². The molecule has 0 fully saturated rings. The average molecular weight is 411 g/mol. The normalized spacial score (nSPS) is 12.1. The number of nitrogens with zero attached hydrogens (tertiary/aromatic N) is 3. The maximum atomic E-state index is 13.2. The summed E-state index contributed by atoms with van der Waals surface area (Å²) in [6, 6.07) is 5.72. The van der Waals surface area contributed by atoms with E-state index in [0.717, 1.165) is 29.7 Å². The van der Waals surface area contributed by atoms with Gasteiger partial charge >= 0.3 is 5.97 Å². The van der Waals surface area contributed by atoms with Crippen molar-refractivity contribution in [3.8, 4) is 11.5 Å². The Labute approximate surface area is 175 Å². The number of unbranched alkanes of at least 4 members (excludes halogenated alkanes) is 2. The second kappa shape index (κ2) is 12.3. The summed E-state index contributed by atoms with van der Waals surface area (Å²) in [5.41, 5.74) is 2.59. The van der Waals surface area contributed by atoms with Crippen molar-refractivity contribution in [1.82, 2.24) is 10.1 Å². The number of allylic oxidation sites excluding steroid dienone is 5. The molecule has 0 radical (unpaired) electrons. The molecule has 0 atom stereocenters. The van der Waals surface area contributed by atoms with Crippen LogP contribution in [0.25, 0.3) is 11.5 Å². The minimum absolute atomic E-state index is 0.179. The van der Waals surface area contributed by atoms with Gasteiger partial charge in [-0.05, 0) is 62.5 Å². The molecule has 0 amide bonds. The smallest absolute Gasteiger partial charge is 0.303 e. The third-order valence-corrected chi connectivity index (χ3v) is 4.22. The van der Waals surface area contributed by atoms with E-state index in [2.05, 4.69) is 21.7 Å². The molecule has 0 saturated carbocycles. The first-order valence-corrected chi connectivity index (χ1v) is 9.82. The molecule has 0 bridgehead atoms. The summed E-state index contributed by atoms with van der Waals surface area (Å²) in [5, 5.41) is 12.6. The number of halogens is 1. The Kier molecular flexibility index (Phi) is 9.37. The van der Waals surface area contributed by atoms with Crippen LogP contribution in [-0.2, 0) is 11.2 Å². The topological polar surface area (TPSA) is 88.6 Å². The maximum absolute atomic E-state index is 13.2. The lowest BCUT2D eigenvalue weighted by Crippen LogP contribution is -1.93. The molecule has 1 aromatic heterocycles. The van der Waals surface area contributed by atoms with E-state index in [4.69, 9.17) is 9.63 Å². The molecule has 30 heavy (non-hydrogen) atoms. The maximum Gasteiger partial charge on any atom is 0.303 e. The van der Waals surface area contributed by atoms with E-state index in [-0.39, 0.29) is 12.2 Å². The van der Waals surface area contributed by atoms with Crippen LogP contribution in [0.4, 0.5) is 10.1 Å². The third kappa shape index (κ3) is 7.95. The number of aromatic nitrogens is 2. The van der Waals surface area contributed by atoms with Crippen LogP contribution in [0.3, 0.4) is 0 Å². The first-order chi connectivity index (χ1) is 14.5.